The average Bonchev–Trinajstić information content (AvgIpc) is 3.14. The van der Waals surface area contributed by atoms with E-state index in [-0.39, 0.29) is 0 Å². The molecule has 0 spiro atoms. The smallest absolute Gasteiger partial charge is 0.145 e. The fourth-order valence-electron chi connectivity index (χ4n) is 3.81. The molecule has 0 radical (unpaired) electrons. The van der Waals surface area contributed by atoms with E-state index < -0.39 is 0 Å². The van der Waals surface area contributed by atoms with Crippen LogP contribution in [0.1, 0.15) is 11.1 Å². The van der Waals surface area contributed by atoms with Gasteiger partial charge < -0.3 is 4.74 Å². The van der Waals surface area contributed by atoms with Crippen LogP contribution in [0.25, 0.3) is 33.1 Å². The molecule has 0 bridgehead atoms. The van der Waals surface area contributed by atoms with Crippen molar-refractivity contribution in [2.75, 3.05) is 7.11 Å². The number of hydrogen-bond donors (Lipinski definition) is 0. The number of para-hydroxylation sites is 1. The van der Waals surface area contributed by atoms with Crippen LogP contribution in [0.15, 0.2) is 79.0 Å². The second-order valence-electron chi connectivity index (χ2n) is 7.23. The highest BCUT2D eigenvalue weighted by molar-refractivity contribution is 6.09. The minimum absolute atomic E-state index is 0.694. The highest BCUT2D eigenvalue weighted by Gasteiger charge is 2.17. The molecule has 142 valence electrons. The lowest BCUT2D eigenvalue weighted by Crippen LogP contribution is -2.02. The lowest BCUT2D eigenvalue weighted by Gasteiger charge is -2.08. The predicted octanol–water partition coefficient (Wildman–Crippen LogP) is 5.62. The van der Waals surface area contributed by atoms with Crippen molar-refractivity contribution in [3.63, 3.8) is 0 Å². The Morgan fingerprint density at radius 2 is 1.66 bits per heavy atom. The number of nitrogens with zero attached hydrogens (tertiary/aromatic N) is 3. The Morgan fingerprint density at radius 1 is 0.862 bits per heavy atom. The van der Waals surface area contributed by atoms with Crippen molar-refractivity contribution in [3.8, 4) is 17.0 Å². The van der Waals surface area contributed by atoms with Gasteiger partial charge in [-0.15, -0.1) is 0 Å². The van der Waals surface area contributed by atoms with Gasteiger partial charge >= 0.3 is 0 Å². The van der Waals surface area contributed by atoms with Gasteiger partial charge in [-0.05, 0) is 18.6 Å². The monoisotopic (exact) mass is 379 g/mol. The molecule has 0 amide bonds. The fraction of sp³-hybridized carbons (Fsp3) is 0.120. The lowest BCUT2D eigenvalue weighted by molar-refractivity contribution is 0.419. The van der Waals surface area contributed by atoms with E-state index in [4.69, 9.17) is 14.8 Å². The Kier molecular flexibility index (Phi) is 4.24. The highest BCUT2D eigenvalue weighted by atomic mass is 16.5. The first-order valence-corrected chi connectivity index (χ1v) is 9.68. The number of methoxy groups -OCH3 is 1. The largest absolute Gasteiger partial charge is 0.494 e. The predicted molar refractivity (Wildman–Crippen MR) is 117 cm³/mol. The molecule has 0 unspecified atom stereocenters. The molecule has 4 nitrogen and oxygen atoms in total. The van der Waals surface area contributed by atoms with Crippen molar-refractivity contribution in [2.45, 2.75) is 13.5 Å². The first kappa shape index (κ1) is 17.4. The van der Waals surface area contributed by atoms with Gasteiger partial charge in [-0.25, -0.2) is 0 Å². The van der Waals surface area contributed by atoms with Crippen LogP contribution in [0.4, 0.5) is 0 Å². The maximum absolute atomic E-state index is 5.55. The van der Waals surface area contributed by atoms with Crippen molar-refractivity contribution in [1.82, 2.24) is 14.8 Å². The Bertz CT molecular complexity index is 1310. The molecule has 0 fully saturated rings. The second kappa shape index (κ2) is 7.06. The molecule has 2 aromatic heterocycles. The topological polar surface area (TPSA) is 39.9 Å². The summed E-state index contributed by atoms with van der Waals surface area (Å²) >= 11 is 0. The van der Waals surface area contributed by atoms with Gasteiger partial charge in [0.25, 0.3) is 0 Å². The highest BCUT2D eigenvalue weighted by Crippen LogP contribution is 2.35. The van der Waals surface area contributed by atoms with Crippen molar-refractivity contribution in [1.29, 1.82) is 0 Å². The summed E-state index contributed by atoms with van der Waals surface area (Å²) in [6, 6.07) is 24.9. The van der Waals surface area contributed by atoms with Gasteiger partial charge in [0, 0.05) is 22.5 Å². The zero-order valence-electron chi connectivity index (χ0n) is 16.5. The van der Waals surface area contributed by atoms with Gasteiger partial charge in [-0.3, -0.25) is 9.67 Å². The summed E-state index contributed by atoms with van der Waals surface area (Å²) in [7, 11) is 1.68. The molecule has 2 heterocycles. The van der Waals surface area contributed by atoms with Crippen LogP contribution < -0.4 is 4.74 Å². The number of benzene rings is 3. The molecule has 5 rings (SSSR count). The van der Waals surface area contributed by atoms with Crippen LogP contribution in [0.5, 0.6) is 5.75 Å². The zero-order chi connectivity index (χ0) is 19.8. The third-order valence-electron chi connectivity index (χ3n) is 5.29. The van der Waals surface area contributed by atoms with Crippen molar-refractivity contribution < 1.29 is 4.74 Å². The molecule has 0 atom stereocenters. The molecule has 0 aliphatic rings. The van der Waals surface area contributed by atoms with E-state index in [0.717, 1.165) is 38.8 Å². The molecule has 0 N–H and O–H groups in total. The lowest BCUT2D eigenvalue weighted by atomic mass is 10.1. The number of ether oxygens (including phenoxy) is 1. The van der Waals surface area contributed by atoms with E-state index in [1.54, 1.807) is 7.11 Å². The van der Waals surface area contributed by atoms with Crippen LogP contribution >= 0.6 is 0 Å². The van der Waals surface area contributed by atoms with E-state index in [1.807, 2.05) is 36.5 Å². The van der Waals surface area contributed by atoms with Gasteiger partial charge in [-0.1, -0.05) is 72.3 Å². The van der Waals surface area contributed by atoms with Crippen LogP contribution in [0.3, 0.4) is 0 Å². The molecule has 5 aromatic rings. The Labute approximate surface area is 169 Å². The van der Waals surface area contributed by atoms with Crippen LogP contribution in [-0.2, 0) is 6.54 Å². The van der Waals surface area contributed by atoms with Gasteiger partial charge in [0.1, 0.15) is 17.0 Å². The molecule has 0 saturated carbocycles. The minimum Gasteiger partial charge on any atom is -0.494 e. The summed E-state index contributed by atoms with van der Waals surface area (Å²) in [6.45, 7) is 2.80. The molecule has 0 aliphatic carbocycles. The quantitative estimate of drug-likeness (QED) is 0.407. The summed E-state index contributed by atoms with van der Waals surface area (Å²) in [5.74, 6) is 0.772. The van der Waals surface area contributed by atoms with Crippen molar-refractivity contribution in [3.05, 3.63) is 90.1 Å². The van der Waals surface area contributed by atoms with Crippen LogP contribution in [-0.4, -0.2) is 21.9 Å². The van der Waals surface area contributed by atoms with E-state index in [2.05, 4.69) is 54.1 Å². The van der Waals surface area contributed by atoms with Crippen LogP contribution in [0.2, 0.25) is 0 Å². The molecular formula is C25H21N3O. The summed E-state index contributed by atoms with van der Waals surface area (Å²) < 4.78 is 7.64. The number of fused-ring (bicyclic) bond motifs is 3. The zero-order valence-corrected chi connectivity index (χ0v) is 16.5. The van der Waals surface area contributed by atoms with E-state index in [9.17, 15) is 0 Å². The number of hydrogen-bond acceptors (Lipinski definition) is 3. The first-order valence-electron chi connectivity index (χ1n) is 9.68. The fourth-order valence-corrected chi connectivity index (χ4v) is 3.81. The Hall–Kier alpha value is -3.66. The summed E-state index contributed by atoms with van der Waals surface area (Å²) in [6.07, 6.45) is 1.92. The second-order valence-corrected chi connectivity index (χ2v) is 7.23. The van der Waals surface area contributed by atoms with Gasteiger partial charge in [0.15, 0.2) is 0 Å². The van der Waals surface area contributed by atoms with Crippen molar-refractivity contribution >= 4 is 21.8 Å². The third kappa shape index (κ3) is 3.03. The van der Waals surface area contributed by atoms with Crippen molar-refractivity contribution in [2.24, 2.45) is 0 Å². The van der Waals surface area contributed by atoms with Gasteiger partial charge in [0.2, 0.25) is 0 Å². The maximum atomic E-state index is 5.55. The number of aromatic nitrogens is 3. The van der Waals surface area contributed by atoms with E-state index >= 15 is 0 Å². The summed E-state index contributed by atoms with van der Waals surface area (Å²) in [5, 5.41) is 7.11. The van der Waals surface area contributed by atoms with Crippen LogP contribution in [0, 0.1) is 6.92 Å². The van der Waals surface area contributed by atoms with Gasteiger partial charge in [-0.2, -0.15) is 5.10 Å². The SMILES string of the molecule is COc1cccc2c1ncc1c(-c3ccccc3)nn(Cc3ccc(C)cc3)c12. The number of pyridine rings is 1. The van der Waals surface area contributed by atoms with Gasteiger partial charge in [0.05, 0.1) is 19.2 Å². The normalized spacial score (nSPS) is 11.2. The summed E-state index contributed by atoms with van der Waals surface area (Å²) in [5.41, 5.74) is 6.44. The molecule has 3 aromatic carbocycles. The Balaban J connectivity index is 1.79. The molecule has 0 saturated heterocycles. The third-order valence-corrected chi connectivity index (χ3v) is 5.29. The molecular weight excluding hydrogens is 358 g/mol. The maximum Gasteiger partial charge on any atom is 0.145 e. The first-order chi connectivity index (χ1) is 14.2. The Morgan fingerprint density at radius 3 is 2.41 bits per heavy atom. The molecule has 0 aliphatic heterocycles. The number of rotatable bonds is 4. The summed E-state index contributed by atoms with van der Waals surface area (Å²) in [4.78, 5) is 4.72. The standard InChI is InChI=1S/C25H21N3O/c1-17-11-13-18(14-12-17)16-28-25-20-9-6-10-22(29-2)24(20)26-15-21(25)23(27-28)19-7-4-3-5-8-19/h3-15H,16H2,1-2H3. The average molecular weight is 379 g/mol. The number of aryl methyl sites for hydroxylation is 1. The minimum atomic E-state index is 0.694. The molecule has 29 heavy (non-hydrogen) atoms. The van der Waals surface area contributed by atoms with E-state index in [0.29, 0.717) is 6.54 Å². The van der Waals surface area contributed by atoms with E-state index in [1.165, 1.54) is 11.1 Å². The molecule has 4 heteroatoms.